The molecule has 0 saturated carbocycles. The maximum Gasteiger partial charge on any atom is 0.515 e. The Morgan fingerprint density at radius 1 is 1.53 bits per heavy atom. The Kier molecular flexibility index (Phi) is 3.62. The zero-order chi connectivity index (χ0) is 13.8. The number of pyridine rings is 1. The van der Waals surface area contributed by atoms with Gasteiger partial charge in [-0.15, -0.1) is 0 Å². The summed E-state index contributed by atoms with van der Waals surface area (Å²) in [7, 11) is 0. The summed E-state index contributed by atoms with van der Waals surface area (Å²) in [6.45, 7) is 1.92. The van der Waals surface area contributed by atoms with Gasteiger partial charge in [0.1, 0.15) is 11.5 Å². The SMILES string of the molecule is CCOC(=O)Oc1cn2cc(C(=N)NN)ccc2n1. The molecule has 19 heavy (non-hydrogen) atoms. The maximum atomic E-state index is 11.2. The zero-order valence-corrected chi connectivity index (χ0v) is 10.2. The number of aromatic nitrogens is 2. The minimum absolute atomic E-state index is 0.0726. The monoisotopic (exact) mass is 263 g/mol. The first-order valence-electron chi connectivity index (χ1n) is 5.53. The van der Waals surface area contributed by atoms with Crippen LogP contribution in [-0.2, 0) is 4.74 Å². The Balaban J connectivity index is 2.25. The van der Waals surface area contributed by atoms with Crippen LogP contribution in [0.2, 0.25) is 0 Å². The molecule has 2 aromatic heterocycles. The van der Waals surface area contributed by atoms with E-state index in [-0.39, 0.29) is 18.3 Å². The summed E-state index contributed by atoms with van der Waals surface area (Å²) in [5.74, 6) is 5.37. The number of fused-ring (bicyclic) bond motifs is 1. The molecule has 0 fully saturated rings. The molecule has 0 aliphatic carbocycles. The van der Waals surface area contributed by atoms with Crippen molar-refractivity contribution in [1.82, 2.24) is 14.8 Å². The Labute approximate surface area is 108 Å². The van der Waals surface area contributed by atoms with Gasteiger partial charge in [-0.05, 0) is 19.1 Å². The van der Waals surface area contributed by atoms with Crippen LogP contribution in [0, 0.1) is 5.41 Å². The molecule has 0 unspecified atom stereocenters. The molecular weight excluding hydrogens is 250 g/mol. The van der Waals surface area contributed by atoms with Crippen LogP contribution in [0.5, 0.6) is 5.88 Å². The number of carbonyl (C=O) groups excluding carboxylic acids is 1. The summed E-state index contributed by atoms with van der Waals surface area (Å²) in [4.78, 5) is 15.2. The lowest BCUT2D eigenvalue weighted by atomic mass is 10.2. The highest BCUT2D eigenvalue weighted by Crippen LogP contribution is 2.13. The highest BCUT2D eigenvalue weighted by Gasteiger charge is 2.10. The lowest BCUT2D eigenvalue weighted by Crippen LogP contribution is -2.30. The number of hydrogen-bond acceptors (Lipinski definition) is 6. The van der Waals surface area contributed by atoms with Crippen LogP contribution >= 0.6 is 0 Å². The lowest BCUT2D eigenvalue weighted by Gasteiger charge is -2.02. The van der Waals surface area contributed by atoms with Crippen LogP contribution in [0.1, 0.15) is 12.5 Å². The number of ether oxygens (including phenoxy) is 2. The highest BCUT2D eigenvalue weighted by atomic mass is 16.7. The molecule has 2 heterocycles. The lowest BCUT2D eigenvalue weighted by molar-refractivity contribution is 0.103. The van der Waals surface area contributed by atoms with E-state index in [0.29, 0.717) is 11.2 Å². The first-order valence-corrected chi connectivity index (χ1v) is 5.53. The van der Waals surface area contributed by atoms with Crippen molar-refractivity contribution >= 4 is 17.6 Å². The van der Waals surface area contributed by atoms with Gasteiger partial charge in [0, 0.05) is 11.8 Å². The summed E-state index contributed by atoms with van der Waals surface area (Å²) in [6.07, 6.45) is 2.35. The van der Waals surface area contributed by atoms with Crippen molar-refractivity contribution < 1.29 is 14.3 Å². The van der Waals surface area contributed by atoms with E-state index in [4.69, 9.17) is 16.0 Å². The second-order valence-electron chi connectivity index (χ2n) is 3.57. The standard InChI is InChI=1S/C11H13N5O3/c1-2-18-11(17)19-9-6-16-5-7(10(12)15-13)3-4-8(16)14-9/h3-6H,2,13H2,1H3,(H2,12,15). The Bertz CT molecular complexity index is 622. The van der Waals surface area contributed by atoms with Crippen molar-refractivity contribution in [3.05, 3.63) is 30.1 Å². The average molecular weight is 263 g/mol. The van der Waals surface area contributed by atoms with E-state index in [1.54, 1.807) is 29.7 Å². The van der Waals surface area contributed by atoms with Gasteiger partial charge in [0.15, 0.2) is 0 Å². The molecule has 0 spiro atoms. The number of rotatable bonds is 3. The predicted molar refractivity (Wildman–Crippen MR) is 67.0 cm³/mol. The fourth-order valence-corrected chi connectivity index (χ4v) is 1.48. The molecule has 0 bridgehead atoms. The van der Waals surface area contributed by atoms with Gasteiger partial charge in [0.25, 0.3) is 0 Å². The summed E-state index contributed by atoms with van der Waals surface area (Å²) in [5.41, 5.74) is 3.40. The molecule has 2 rings (SSSR count). The average Bonchev–Trinajstić information content (AvgIpc) is 2.78. The van der Waals surface area contributed by atoms with Crippen LogP contribution in [0.3, 0.4) is 0 Å². The number of nitrogens with zero attached hydrogens (tertiary/aromatic N) is 2. The van der Waals surface area contributed by atoms with Gasteiger partial charge in [-0.2, -0.15) is 4.98 Å². The Morgan fingerprint density at radius 3 is 3.00 bits per heavy atom. The van der Waals surface area contributed by atoms with Crippen molar-refractivity contribution in [2.75, 3.05) is 6.61 Å². The highest BCUT2D eigenvalue weighted by molar-refractivity contribution is 5.95. The van der Waals surface area contributed by atoms with Crippen LogP contribution in [-0.4, -0.2) is 28.0 Å². The van der Waals surface area contributed by atoms with Crippen molar-refractivity contribution in [3.63, 3.8) is 0 Å². The van der Waals surface area contributed by atoms with E-state index in [0.717, 1.165) is 0 Å². The van der Waals surface area contributed by atoms with Crippen molar-refractivity contribution in [3.8, 4) is 5.88 Å². The molecule has 2 aromatic rings. The van der Waals surface area contributed by atoms with Gasteiger partial charge in [-0.1, -0.05) is 0 Å². The van der Waals surface area contributed by atoms with Crippen LogP contribution < -0.4 is 16.0 Å². The number of carbonyl (C=O) groups is 1. The van der Waals surface area contributed by atoms with E-state index in [1.165, 1.54) is 6.20 Å². The fraction of sp³-hybridized carbons (Fsp3) is 0.182. The van der Waals surface area contributed by atoms with Crippen LogP contribution in [0.15, 0.2) is 24.5 Å². The van der Waals surface area contributed by atoms with Gasteiger partial charge in [0.05, 0.1) is 12.8 Å². The van der Waals surface area contributed by atoms with Gasteiger partial charge >= 0.3 is 6.16 Å². The van der Waals surface area contributed by atoms with E-state index in [9.17, 15) is 4.79 Å². The molecule has 0 amide bonds. The summed E-state index contributed by atoms with van der Waals surface area (Å²) >= 11 is 0. The third-order valence-corrected chi connectivity index (χ3v) is 2.31. The second kappa shape index (κ2) is 5.36. The molecule has 4 N–H and O–H groups in total. The fourth-order valence-electron chi connectivity index (χ4n) is 1.48. The second-order valence-corrected chi connectivity index (χ2v) is 3.57. The molecule has 0 radical (unpaired) electrons. The van der Waals surface area contributed by atoms with E-state index >= 15 is 0 Å². The molecule has 0 aliphatic rings. The zero-order valence-electron chi connectivity index (χ0n) is 10.2. The molecule has 8 heteroatoms. The number of amidine groups is 1. The number of nitrogens with two attached hydrogens (primary N) is 1. The van der Waals surface area contributed by atoms with Gasteiger partial charge in [-0.25, -0.2) is 10.6 Å². The molecule has 0 atom stereocenters. The van der Waals surface area contributed by atoms with E-state index in [2.05, 4.69) is 15.1 Å². The number of hydrazine groups is 1. The summed E-state index contributed by atoms with van der Waals surface area (Å²) in [6, 6.07) is 3.36. The Hall–Kier alpha value is -2.61. The first kappa shape index (κ1) is 12.8. The first-order chi connectivity index (χ1) is 9.13. The number of nitrogens with one attached hydrogen (secondary N) is 2. The van der Waals surface area contributed by atoms with Gasteiger partial charge < -0.3 is 19.3 Å². The third kappa shape index (κ3) is 2.80. The largest absolute Gasteiger partial charge is 0.515 e. The molecular formula is C11H13N5O3. The molecule has 8 nitrogen and oxygen atoms in total. The summed E-state index contributed by atoms with van der Waals surface area (Å²) in [5, 5.41) is 7.55. The molecule has 0 aromatic carbocycles. The smallest absolute Gasteiger partial charge is 0.434 e. The van der Waals surface area contributed by atoms with E-state index in [1.807, 2.05) is 0 Å². The number of imidazole rings is 1. The Morgan fingerprint density at radius 2 is 2.32 bits per heavy atom. The quantitative estimate of drug-likeness (QED) is 0.246. The predicted octanol–water partition coefficient (Wildman–Crippen LogP) is 0.658. The van der Waals surface area contributed by atoms with Gasteiger partial charge in [0.2, 0.25) is 5.88 Å². The normalized spacial score (nSPS) is 10.2. The van der Waals surface area contributed by atoms with E-state index < -0.39 is 6.16 Å². The maximum absolute atomic E-state index is 11.2. The van der Waals surface area contributed by atoms with Crippen molar-refractivity contribution in [2.24, 2.45) is 5.84 Å². The minimum atomic E-state index is -0.803. The van der Waals surface area contributed by atoms with Crippen molar-refractivity contribution in [1.29, 1.82) is 5.41 Å². The molecule has 100 valence electrons. The summed E-state index contributed by atoms with van der Waals surface area (Å²) < 4.78 is 11.2. The molecule has 0 aliphatic heterocycles. The van der Waals surface area contributed by atoms with Crippen LogP contribution in [0.25, 0.3) is 5.65 Å². The number of hydrogen-bond donors (Lipinski definition) is 3. The molecule has 0 saturated heterocycles. The topological polar surface area (TPSA) is 115 Å². The third-order valence-electron chi connectivity index (χ3n) is 2.31. The van der Waals surface area contributed by atoms with Crippen LogP contribution in [0.4, 0.5) is 4.79 Å². The van der Waals surface area contributed by atoms with Gasteiger partial charge in [-0.3, -0.25) is 5.41 Å². The van der Waals surface area contributed by atoms with Crippen molar-refractivity contribution in [2.45, 2.75) is 6.92 Å². The minimum Gasteiger partial charge on any atom is -0.434 e.